The Balaban J connectivity index is 1.70. The summed E-state index contributed by atoms with van der Waals surface area (Å²) in [7, 11) is -16.5. The number of nitrogens with zero attached hydrogens (tertiary/aromatic N) is 4. The smallest absolute Gasteiger partial charge is 0.386 e. The number of nitrogens with one attached hydrogen (secondary N) is 2. The van der Waals surface area contributed by atoms with E-state index in [-0.39, 0.29) is 41.7 Å². The Kier molecular flexibility index (Phi) is 17.3. The quantitative estimate of drug-likeness (QED) is 0.0235. The van der Waals surface area contributed by atoms with Crippen molar-refractivity contribution in [3.8, 4) is 0 Å². The van der Waals surface area contributed by atoms with E-state index in [1.54, 1.807) is 6.08 Å². The molecule has 0 saturated carbocycles. The minimum atomic E-state index is -5.61. The number of aromatic nitrogens is 4. The van der Waals surface area contributed by atoms with Gasteiger partial charge in [-0.05, 0) is 12.5 Å². The molecule has 7 atom stereocenters. The highest BCUT2D eigenvalue weighted by molar-refractivity contribution is 7.80. The lowest BCUT2D eigenvalue weighted by atomic mass is 9.87. The number of anilines is 1. The van der Waals surface area contributed by atoms with Crippen molar-refractivity contribution in [3.63, 3.8) is 0 Å². The zero-order valence-electron chi connectivity index (χ0n) is 30.3. The van der Waals surface area contributed by atoms with Gasteiger partial charge in [-0.2, -0.15) is 16.9 Å². The normalized spacial score (nSPS) is 21.8. The van der Waals surface area contributed by atoms with Crippen molar-refractivity contribution in [1.82, 2.24) is 30.2 Å². The van der Waals surface area contributed by atoms with Gasteiger partial charge in [0, 0.05) is 30.7 Å². The number of rotatable bonds is 23. The van der Waals surface area contributed by atoms with E-state index >= 15 is 0 Å². The van der Waals surface area contributed by atoms with Crippen molar-refractivity contribution < 1.29 is 80.5 Å². The molecule has 2 aromatic rings. The molecule has 1 saturated heterocycles. The lowest BCUT2D eigenvalue weighted by Crippen LogP contribution is -2.46. The number of thiol groups is 1. The Morgan fingerprint density at radius 3 is 2.43 bits per heavy atom. The van der Waals surface area contributed by atoms with Crippen LogP contribution < -0.4 is 16.4 Å². The Morgan fingerprint density at radius 2 is 1.79 bits per heavy atom. The largest absolute Gasteiger partial charge is 0.481 e. The Labute approximate surface area is 325 Å². The van der Waals surface area contributed by atoms with E-state index in [0.29, 0.717) is 18.7 Å². The number of amides is 2. The van der Waals surface area contributed by atoms with E-state index in [1.165, 1.54) is 19.9 Å². The number of unbranched alkanes of at least 4 members (excludes halogenated alkanes) is 2. The summed E-state index contributed by atoms with van der Waals surface area (Å²) in [5.74, 6) is -2.14. The number of aliphatic hydroxyl groups is 2. The topological polar surface area (TPSA) is 364 Å². The van der Waals surface area contributed by atoms with Crippen molar-refractivity contribution >= 4 is 70.7 Å². The highest BCUT2D eigenvalue weighted by atomic mass is 32.1. The van der Waals surface area contributed by atoms with Gasteiger partial charge in [-0.3, -0.25) is 32.5 Å². The minimum absolute atomic E-state index is 0.0488. The fourth-order valence-corrected chi connectivity index (χ4v) is 7.84. The van der Waals surface area contributed by atoms with Crippen LogP contribution >= 0.6 is 36.1 Å². The summed E-state index contributed by atoms with van der Waals surface area (Å²) in [5, 5.41) is 26.4. The van der Waals surface area contributed by atoms with E-state index in [4.69, 9.17) is 19.5 Å². The molecular weight excluding hydrogens is 831 g/mol. The van der Waals surface area contributed by atoms with Gasteiger partial charge in [-0.15, -0.1) is 0 Å². The third-order valence-electron chi connectivity index (χ3n) is 7.79. The second kappa shape index (κ2) is 20.3. The predicted octanol–water partition coefficient (Wildman–Crippen LogP) is 0.264. The average Bonchev–Trinajstić information content (AvgIpc) is 3.66. The Hall–Kier alpha value is -2.70. The van der Waals surface area contributed by atoms with Gasteiger partial charge in [0.2, 0.25) is 23.4 Å². The van der Waals surface area contributed by atoms with Gasteiger partial charge in [0.1, 0.15) is 29.9 Å². The third kappa shape index (κ3) is 14.0. The molecule has 0 spiro atoms. The molecule has 1 fully saturated rings. The van der Waals surface area contributed by atoms with E-state index in [9.17, 15) is 57.9 Å². The Morgan fingerprint density at radius 1 is 1.11 bits per heavy atom. The summed E-state index contributed by atoms with van der Waals surface area (Å²) < 4.78 is 62.4. The molecule has 0 aliphatic carbocycles. The van der Waals surface area contributed by atoms with E-state index in [0.717, 1.165) is 23.7 Å². The molecule has 28 heteroatoms. The van der Waals surface area contributed by atoms with Crippen molar-refractivity contribution in [1.29, 1.82) is 0 Å². The number of ether oxygens (including phenoxy) is 1. The number of hydrogen-bond acceptors (Lipinski definition) is 18. The van der Waals surface area contributed by atoms with Gasteiger partial charge >= 0.3 is 23.5 Å². The van der Waals surface area contributed by atoms with Crippen LogP contribution in [0, 0.1) is 5.41 Å². The number of carbonyl (C=O) groups excluding carboxylic acids is 3. The van der Waals surface area contributed by atoms with Crippen LogP contribution in [0.5, 0.6) is 0 Å². The van der Waals surface area contributed by atoms with Crippen molar-refractivity contribution in [2.45, 2.75) is 77.1 Å². The number of aliphatic hydroxyl groups excluding tert-OH is 2. The number of imidazole rings is 1. The van der Waals surface area contributed by atoms with Gasteiger partial charge in [0.15, 0.2) is 17.7 Å². The van der Waals surface area contributed by atoms with E-state index < -0.39 is 84.4 Å². The van der Waals surface area contributed by atoms with Crippen LogP contribution in [-0.2, 0) is 45.9 Å². The van der Waals surface area contributed by atoms with Crippen LogP contribution in [0.1, 0.15) is 63.3 Å². The summed E-state index contributed by atoms with van der Waals surface area (Å²) in [4.78, 5) is 88.5. The summed E-state index contributed by atoms with van der Waals surface area (Å²) in [6.07, 6.45) is -3.13. The van der Waals surface area contributed by atoms with E-state index in [2.05, 4.69) is 47.0 Å². The molecule has 10 N–H and O–H groups in total. The van der Waals surface area contributed by atoms with Crippen LogP contribution in [0.25, 0.3) is 11.2 Å². The molecule has 316 valence electrons. The molecule has 0 bridgehead atoms. The van der Waals surface area contributed by atoms with Crippen LogP contribution in [0.2, 0.25) is 0 Å². The van der Waals surface area contributed by atoms with Crippen LogP contribution in [0.4, 0.5) is 5.82 Å². The Bertz CT molecular complexity index is 1880. The molecule has 3 rings (SSSR count). The van der Waals surface area contributed by atoms with Gasteiger partial charge < -0.3 is 50.9 Å². The molecule has 24 nitrogen and oxygen atoms in total. The number of allylic oxidation sites excluding steroid dienone is 2. The number of carbonyl (C=O) groups is 3. The van der Waals surface area contributed by atoms with Crippen molar-refractivity contribution in [2.24, 2.45) is 5.41 Å². The number of phosphoric acid groups is 3. The van der Waals surface area contributed by atoms with Gasteiger partial charge in [-0.1, -0.05) is 39.7 Å². The molecule has 2 aromatic heterocycles. The fourth-order valence-electron chi connectivity index (χ4n) is 4.90. The zero-order valence-corrected chi connectivity index (χ0v) is 33.9. The fraction of sp³-hybridized carbons (Fsp3) is 0.643. The summed E-state index contributed by atoms with van der Waals surface area (Å²) in [5.41, 5.74) is 4.18. The molecule has 1 aliphatic rings. The second-order valence-electron chi connectivity index (χ2n) is 12.9. The van der Waals surface area contributed by atoms with Crippen LogP contribution in [-0.4, -0.2) is 123 Å². The highest BCUT2D eigenvalue weighted by Crippen LogP contribution is 2.61. The third-order valence-corrected chi connectivity index (χ3v) is 11.1. The van der Waals surface area contributed by atoms with Crippen molar-refractivity contribution in [2.75, 3.05) is 37.8 Å². The zero-order chi connectivity index (χ0) is 42.1. The van der Waals surface area contributed by atoms with Gasteiger partial charge in [0.05, 0.1) is 19.5 Å². The maximum absolute atomic E-state index is 12.8. The lowest BCUT2D eigenvalue weighted by molar-refractivity contribution is -0.137. The van der Waals surface area contributed by atoms with Crippen molar-refractivity contribution in [3.05, 3.63) is 24.3 Å². The molecule has 2 amide bonds. The number of hydrogen-bond donors (Lipinski definition) is 10. The van der Waals surface area contributed by atoms with E-state index in [1.807, 2.05) is 6.92 Å². The summed E-state index contributed by atoms with van der Waals surface area (Å²) in [6.45, 7) is 2.57. The van der Waals surface area contributed by atoms with Crippen LogP contribution in [0.15, 0.2) is 18.5 Å². The minimum Gasteiger partial charge on any atom is -0.386 e. The number of nitrogens with two attached hydrogens (primary N) is 1. The molecule has 3 unspecified atom stereocenters. The first kappa shape index (κ1) is 47.7. The second-order valence-corrected chi connectivity index (χ2v) is 17.6. The van der Waals surface area contributed by atoms with Gasteiger partial charge in [-0.25, -0.2) is 28.6 Å². The summed E-state index contributed by atoms with van der Waals surface area (Å²) >= 11 is 3.96. The molecule has 1 aliphatic heterocycles. The maximum Gasteiger partial charge on any atom is 0.481 e. The average molecular weight is 878 g/mol. The molecule has 56 heavy (non-hydrogen) atoms. The maximum atomic E-state index is 12.8. The highest BCUT2D eigenvalue weighted by Gasteiger charge is 2.50. The summed E-state index contributed by atoms with van der Waals surface area (Å²) in [6, 6.07) is 0. The first-order valence-corrected chi connectivity index (χ1v) is 21.9. The molecule has 3 heterocycles. The molecule has 0 aromatic carbocycles. The van der Waals surface area contributed by atoms with Gasteiger partial charge in [0.25, 0.3) is 0 Å². The molecular formula is C28H46N7O17P3S. The van der Waals surface area contributed by atoms with Crippen LogP contribution in [0.3, 0.4) is 0 Å². The monoisotopic (exact) mass is 877 g/mol. The SMILES string of the molecule is CCCCC=CC(=O)c1nc(N)c2ncn([C@@H]3O[C@H](COP(=O)(O)OP(=O)(O)OCC(C)(C)C(O)C(=O)NCCC(=O)NCCS)[C@@H](OP(=O)(O)O)[C@H]3O)c2n1. The number of fused-ring (bicyclic) bond motifs is 1. The molecule has 0 radical (unpaired) electrons. The number of phosphoric ester groups is 3. The number of ketones is 1. The number of nitrogen functional groups attached to an aromatic ring is 1. The lowest BCUT2D eigenvalue weighted by Gasteiger charge is -2.30. The standard InChI is InChI=1S/C28H46N7O17P3S/c1-4-5-6-7-8-16(36)24-33-23(29)19-25(34-24)35(15-32-19)27-20(38)21(51-53(41,42)43)17(50-27)13-48-54(44,45)52-55(46,47)49-14-28(2,3)22(39)26(40)31-10-9-18(37)30-11-12-56/h7-8,15,17,20-22,27,38-39,56H,4-6,9-14H2,1-3H3,(H,30,37)(H,31,40)(H,44,45)(H,46,47)(H2,29,33,34)(H2,41,42,43)/t17-,20-,21-,22?,27-/m1/s1. The first-order chi connectivity index (χ1) is 26.0. The first-order valence-electron chi connectivity index (χ1n) is 16.8. The predicted molar refractivity (Wildman–Crippen MR) is 196 cm³/mol.